The van der Waals surface area contributed by atoms with Gasteiger partial charge in [0.25, 0.3) is 0 Å². The minimum atomic E-state index is -0.327. The molecule has 0 saturated heterocycles. The van der Waals surface area contributed by atoms with Gasteiger partial charge in [-0.2, -0.15) is 4.98 Å². The molecular formula is C12H13BrFN3O. The highest BCUT2D eigenvalue weighted by atomic mass is 79.9. The van der Waals surface area contributed by atoms with Crippen molar-refractivity contribution in [2.45, 2.75) is 13.3 Å². The molecule has 6 heteroatoms. The van der Waals surface area contributed by atoms with Crippen molar-refractivity contribution in [2.24, 2.45) is 0 Å². The Morgan fingerprint density at radius 1 is 1.44 bits per heavy atom. The normalized spacial score (nSPS) is 10.8. The van der Waals surface area contributed by atoms with Gasteiger partial charge in [0.2, 0.25) is 11.7 Å². The first-order valence-corrected chi connectivity index (χ1v) is 6.48. The van der Waals surface area contributed by atoms with Crippen LogP contribution in [-0.4, -0.2) is 23.2 Å². The van der Waals surface area contributed by atoms with E-state index in [1.807, 2.05) is 6.92 Å². The molecule has 0 unspecified atom stereocenters. The van der Waals surface area contributed by atoms with Crippen LogP contribution in [0.15, 0.2) is 27.2 Å². The highest BCUT2D eigenvalue weighted by Gasteiger charge is 2.12. The maximum Gasteiger partial charge on any atom is 0.228 e. The van der Waals surface area contributed by atoms with Gasteiger partial charge >= 0.3 is 0 Å². The topological polar surface area (TPSA) is 51.0 Å². The molecule has 0 amide bonds. The first-order valence-electron chi connectivity index (χ1n) is 5.69. The first kappa shape index (κ1) is 13.2. The number of aromatic nitrogens is 2. The molecule has 0 fully saturated rings. The molecule has 0 radical (unpaired) electrons. The Hall–Kier alpha value is -1.27. The highest BCUT2D eigenvalue weighted by molar-refractivity contribution is 9.10. The van der Waals surface area contributed by atoms with Gasteiger partial charge in [-0.25, -0.2) is 4.39 Å². The van der Waals surface area contributed by atoms with Crippen molar-refractivity contribution in [3.63, 3.8) is 0 Å². The standard InChI is InChI=1S/C12H13BrFN3O/c1-2-15-6-5-11-16-12(17-18-11)9-7-8(14)3-4-10(9)13/h3-4,7,15H,2,5-6H2,1H3. The van der Waals surface area contributed by atoms with Crippen molar-refractivity contribution in [3.8, 4) is 11.4 Å². The van der Waals surface area contributed by atoms with Crippen LogP contribution in [0.5, 0.6) is 0 Å². The van der Waals surface area contributed by atoms with E-state index in [2.05, 4.69) is 31.4 Å². The van der Waals surface area contributed by atoms with Crippen LogP contribution >= 0.6 is 15.9 Å². The van der Waals surface area contributed by atoms with Crippen LogP contribution in [-0.2, 0) is 6.42 Å². The smallest absolute Gasteiger partial charge is 0.228 e. The maximum atomic E-state index is 13.2. The Balaban J connectivity index is 2.16. The molecule has 1 N–H and O–H groups in total. The molecule has 0 aliphatic rings. The van der Waals surface area contributed by atoms with Crippen LogP contribution < -0.4 is 5.32 Å². The van der Waals surface area contributed by atoms with Crippen LogP contribution in [0.1, 0.15) is 12.8 Å². The Labute approximate surface area is 113 Å². The monoisotopic (exact) mass is 313 g/mol. The second-order valence-electron chi connectivity index (χ2n) is 3.74. The SMILES string of the molecule is CCNCCc1nc(-c2cc(F)ccc2Br)no1. The molecule has 0 saturated carbocycles. The van der Waals surface area contributed by atoms with E-state index < -0.39 is 0 Å². The van der Waals surface area contributed by atoms with Crippen LogP contribution in [0.2, 0.25) is 0 Å². The predicted octanol–water partition coefficient (Wildman–Crippen LogP) is 2.79. The van der Waals surface area contributed by atoms with Crippen molar-refractivity contribution in [1.82, 2.24) is 15.5 Å². The van der Waals surface area contributed by atoms with Crippen LogP contribution in [0, 0.1) is 5.82 Å². The van der Waals surface area contributed by atoms with E-state index in [1.54, 1.807) is 6.07 Å². The van der Waals surface area contributed by atoms with Crippen molar-refractivity contribution in [3.05, 3.63) is 34.4 Å². The van der Waals surface area contributed by atoms with Crippen LogP contribution in [0.3, 0.4) is 0 Å². The number of nitrogens with zero attached hydrogens (tertiary/aromatic N) is 2. The Morgan fingerprint density at radius 2 is 2.28 bits per heavy atom. The van der Waals surface area contributed by atoms with E-state index in [4.69, 9.17) is 4.52 Å². The first-order chi connectivity index (χ1) is 8.70. The number of rotatable bonds is 5. The van der Waals surface area contributed by atoms with E-state index in [0.717, 1.165) is 17.6 Å². The number of likely N-dealkylation sites (N-methyl/N-ethyl adjacent to an activating group) is 1. The zero-order chi connectivity index (χ0) is 13.0. The minimum absolute atomic E-state index is 0.327. The molecule has 4 nitrogen and oxygen atoms in total. The van der Waals surface area contributed by atoms with Gasteiger partial charge in [0.15, 0.2) is 0 Å². The molecule has 96 valence electrons. The lowest BCUT2D eigenvalue weighted by Crippen LogP contribution is -2.16. The average Bonchev–Trinajstić information content (AvgIpc) is 2.81. The summed E-state index contributed by atoms with van der Waals surface area (Å²) in [6, 6.07) is 4.38. The van der Waals surface area contributed by atoms with Crippen molar-refractivity contribution >= 4 is 15.9 Å². The third-order valence-corrected chi connectivity index (χ3v) is 3.09. The summed E-state index contributed by atoms with van der Waals surface area (Å²) in [5.74, 6) is 0.613. The largest absolute Gasteiger partial charge is 0.339 e. The summed E-state index contributed by atoms with van der Waals surface area (Å²) in [7, 11) is 0. The molecule has 0 atom stereocenters. The summed E-state index contributed by atoms with van der Waals surface area (Å²) in [5.41, 5.74) is 0.591. The third kappa shape index (κ3) is 3.14. The predicted molar refractivity (Wildman–Crippen MR) is 69.6 cm³/mol. The lowest BCUT2D eigenvalue weighted by atomic mass is 10.2. The van der Waals surface area contributed by atoms with Gasteiger partial charge in [-0.05, 0) is 24.7 Å². The molecular weight excluding hydrogens is 301 g/mol. The highest BCUT2D eigenvalue weighted by Crippen LogP contribution is 2.26. The molecule has 1 aromatic heterocycles. The van der Waals surface area contributed by atoms with Gasteiger partial charge < -0.3 is 9.84 Å². The zero-order valence-electron chi connectivity index (χ0n) is 9.91. The van der Waals surface area contributed by atoms with Gasteiger partial charge in [-0.1, -0.05) is 28.0 Å². The van der Waals surface area contributed by atoms with Crippen molar-refractivity contribution in [2.75, 3.05) is 13.1 Å². The maximum absolute atomic E-state index is 13.2. The number of benzene rings is 1. The lowest BCUT2D eigenvalue weighted by Gasteiger charge is -1.98. The molecule has 0 aliphatic carbocycles. The molecule has 0 spiro atoms. The second-order valence-corrected chi connectivity index (χ2v) is 4.59. The van der Waals surface area contributed by atoms with E-state index >= 15 is 0 Å². The van der Waals surface area contributed by atoms with E-state index in [1.165, 1.54) is 12.1 Å². The summed E-state index contributed by atoms with van der Waals surface area (Å²) in [6.07, 6.45) is 0.660. The third-order valence-electron chi connectivity index (χ3n) is 2.40. The minimum Gasteiger partial charge on any atom is -0.339 e. The van der Waals surface area contributed by atoms with Gasteiger partial charge in [-0.15, -0.1) is 0 Å². The second kappa shape index (κ2) is 6.06. The Kier molecular flexibility index (Phi) is 4.43. The van der Waals surface area contributed by atoms with E-state index in [-0.39, 0.29) is 5.82 Å². The fourth-order valence-electron chi connectivity index (χ4n) is 1.51. The van der Waals surface area contributed by atoms with Crippen LogP contribution in [0.4, 0.5) is 4.39 Å². The quantitative estimate of drug-likeness (QED) is 0.862. The van der Waals surface area contributed by atoms with Crippen LogP contribution in [0.25, 0.3) is 11.4 Å². The van der Waals surface area contributed by atoms with Gasteiger partial charge in [0.1, 0.15) is 5.82 Å². The zero-order valence-corrected chi connectivity index (χ0v) is 11.5. The molecule has 0 bridgehead atoms. The summed E-state index contributed by atoms with van der Waals surface area (Å²) in [4.78, 5) is 4.24. The summed E-state index contributed by atoms with van der Waals surface area (Å²) >= 11 is 3.34. The van der Waals surface area contributed by atoms with Gasteiger partial charge in [-0.3, -0.25) is 0 Å². The molecule has 18 heavy (non-hydrogen) atoms. The molecule has 1 heterocycles. The van der Waals surface area contributed by atoms with E-state index in [0.29, 0.717) is 23.7 Å². The Bertz CT molecular complexity index is 530. The number of halogens is 2. The number of hydrogen-bond donors (Lipinski definition) is 1. The van der Waals surface area contributed by atoms with Gasteiger partial charge in [0.05, 0.1) is 0 Å². The van der Waals surface area contributed by atoms with Crippen molar-refractivity contribution < 1.29 is 8.91 Å². The Morgan fingerprint density at radius 3 is 3.06 bits per heavy atom. The summed E-state index contributed by atoms with van der Waals surface area (Å²) in [5, 5.41) is 7.03. The summed E-state index contributed by atoms with van der Waals surface area (Å²) in [6.45, 7) is 3.71. The number of nitrogens with one attached hydrogen (secondary N) is 1. The molecule has 2 aromatic rings. The average molecular weight is 314 g/mol. The van der Waals surface area contributed by atoms with E-state index in [9.17, 15) is 4.39 Å². The summed E-state index contributed by atoms with van der Waals surface area (Å²) < 4.78 is 19.0. The number of hydrogen-bond acceptors (Lipinski definition) is 4. The van der Waals surface area contributed by atoms with Gasteiger partial charge in [0, 0.05) is 23.0 Å². The molecule has 1 aromatic carbocycles. The molecule has 2 rings (SSSR count). The van der Waals surface area contributed by atoms with Crippen molar-refractivity contribution in [1.29, 1.82) is 0 Å². The fraction of sp³-hybridized carbons (Fsp3) is 0.333. The lowest BCUT2D eigenvalue weighted by molar-refractivity contribution is 0.377. The fourth-order valence-corrected chi connectivity index (χ4v) is 1.93. The molecule has 0 aliphatic heterocycles.